The van der Waals surface area contributed by atoms with Crippen molar-refractivity contribution >= 4 is 29.6 Å². The summed E-state index contributed by atoms with van der Waals surface area (Å²) in [5, 5.41) is 2.42. The molecule has 1 aliphatic heterocycles. The Bertz CT molecular complexity index is 1070. The summed E-state index contributed by atoms with van der Waals surface area (Å²) in [6.07, 6.45) is 1.35. The molecule has 14 heteroatoms. The topological polar surface area (TPSA) is 171 Å². The number of amides is 1. The minimum absolute atomic E-state index is 0.0111. The molecule has 0 radical (unpaired) electrons. The number of anilines is 1. The second kappa shape index (κ2) is 14.1. The summed E-state index contributed by atoms with van der Waals surface area (Å²) >= 11 is 0. The van der Waals surface area contributed by atoms with Gasteiger partial charge in [-0.2, -0.15) is 4.98 Å². The highest BCUT2D eigenvalue weighted by molar-refractivity contribution is 5.90. The smallest absolute Gasteiger partial charge is 0.351 e. The normalized spacial score (nSPS) is 17.4. The van der Waals surface area contributed by atoms with E-state index in [0.29, 0.717) is 12.8 Å². The third-order valence-corrected chi connectivity index (χ3v) is 4.66. The fourth-order valence-electron chi connectivity index (χ4n) is 3.31. The van der Waals surface area contributed by atoms with Crippen molar-refractivity contribution in [1.82, 2.24) is 9.55 Å². The van der Waals surface area contributed by atoms with Gasteiger partial charge in [-0.05, 0) is 60.5 Å². The Morgan fingerprint density at radius 1 is 0.923 bits per heavy atom. The van der Waals surface area contributed by atoms with Crippen LogP contribution in [0.25, 0.3) is 0 Å². The van der Waals surface area contributed by atoms with E-state index >= 15 is 0 Å². The zero-order valence-electron chi connectivity index (χ0n) is 23.1. The van der Waals surface area contributed by atoms with Crippen molar-refractivity contribution in [3.63, 3.8) is 0 Å². The van der Waals surface area contributed by atoms with E-state index in [1.165, 1.54) is 16.8 Å². The first-order chi connectivity index (χ1) is 18.1. The van der Waals surface area contributed by atoms with E-state index in [1.54, 1.807) is 41.5 Å². The Kier molecular flexibility index (Phi) is 11.6. The van der Waals surface area contributed by atoms with Crippen LogP contribution >= 0.6 is 0 Å². The van der Waals surface area contributed by atoms with E-state index in [0.717, 1.165) is 0 Å². The Labute approximate surface area is 226 Å². The van der Waals surface area contributed by atoms with Crippen molar-refractivity contribution < 1.29 is 47.6 Å². The molecule has 1 aromatic heterocycles. The number of carbonyl (C=O) groups excluding carboxylic acids is 4. The summed E-state index contributed by atoms with van der Waals surface area (Å²) < 4.78 is 32.4. The van der Waals surface area contributed by atoms with E-state index < -0.39 is 72.9 Å². The van der Waals surface area contributed by atoms with Gasteiger partial charge in [0.15, 0.2) is 0 Å². The van der Waals surface area contributed by atoms with Gasteiger partial charge in [-0.3, -0.25) is 9.36 Å². The number of rotatable bonds is 12. The predicted octanol–water partition coefficient (Wildman–Crippen LogP) is 1.12. The Morgan fingerprint density at radius 2 is 1.49 bits per heavy atom. The first-order valence-corrected chi connectivity index (χ1v) is 12.4. The van der Waals surface area contributed by atoms with Crippen molar-refractivity contribution in [2.45, 2.75) is 77.9 Å². The van der Waals surface area contributed by atoms with Crippen LogP contribution < -0.4 is 11.0 Å². The number of carbonyl (C=O) groups is 4. The van der Waals surface area contributed by atoms with Gasteiger partial charge in [0, 0.05) is 6.20 Å². The number of hydrogen-bond donors (Lipinski definition) is 1. The number of hydrogen-bond acceptors (Lipinski definition) is 12. The molecule has 0 aliphatic carbocycles. The molecule has 14 nitrogen and oxygen atoms in total. The molecule has 0 bridgehead atoms. The monoisotopic (exact) mass is 555 g/mol. The van der Waals surface area contributed by atoms with Crippen LogP contribution in [0, 0.1) is 0 Å². The molecule has 2 unspecified atom stereocenters. The SMILES string of the molecule is CC(C)(C)OC(=O)COCC(=O)Nc1ccn(C2CCC(COC(=O)COCC(=O)OC(C)(C)C)O2)c(=O)n1. The lowest BCUT2D eigenvalue weighted by molar-refractivity contribution is -0.164. The fraction of sp³-hybridized carbons (Fsp3) is 0.680. The van der Waals surface area contributed by atoms with Crippen LogP contribution in [0.15, 0.2) is 17.1 Å². The number of esters is 3. The van der Waals surface area contributed by atoms with Crippen molar-refractivity contribution in [1.29, 1.82) is 0 Å². The largest absolute Gasteiger partial charge is 0.461 e. The first-order valence-electron chi connectivity index (χ1n) is 12.4. The highest BCUT2D eigenvalue weighted by Crippen LogP contribution is 2.27. The zero-order chi connectivity index (χ0) is 29.2. The molecular weight excluding hydrogens is 518 g/mol. The number of aromatic nitrogens is 2. The third kappa shape index (κ3) is 12.8. The van der Waals surface area contributed by atoms with Gasteiger partial charge in [-0.15, -0.1) is 0 Å². The van der Waals surface area contributed by atoms with E-state index in [4.69, 9.17) is 28.4 Å². The second-order valence-electron chi connectivity index (χ2n) is 10.7. The maximum atomic E-state index is 12.5. The summed E-state index contributed by atoms with van der Waals surface area (Å²) in [7, 11) is 0. The molecule has 1 N–H and O–H groups in total. The second-order valence-corrected chi connectivity index (χ2v) is 10.7. The lowest BCUT2D eigenvalue weighted by Crippen LogP contribution is -2.30. The van der Waals surface area contributed by atoms with Gasteiger partial charge in [-0.1, -0.05) is 0 Å². The molecule has 0 aromatic carbocycles. The van der Waals surface area contributed by atoms with Gasteiger partial charge in [0.2, 0.25) is 0 Å². The molecule has 1 aromatic rings. The van der Waals surface area contributed by atoms with E-state index in [9.17, 15) is 24.0 Å². The molecule has 2 rings (SSSR count). The molecule has 2 heterocycles. The molecule has 1 amide bonds. The summed E-state index contributed by atoms with van der Waals surface area (Å²) in [6.45, 7) is 8.64. The maximum Gasteiger partial charge on any atom is 0.351 e. The molecule has 0 saturated carbocycles. The molecule has 1 saturated heterocycles. The van der Waals surface area contributed by atoms with Crippen LogP contribution in [0.2, 0.25) is 0 Å². The highest BCUT2D eigenvalue weighted by Gasteiger charge is 2.28. The molecule has 39 heavy (non-hydrogen) atoms. The van der Waals surface area contributed by atoms with Crippen molar-refractivity contribution in [3.8, 4) is 0 Å². The molecular formula is C25H37N3O11. The molecule has 1 fully saturated rings. The van der Waals surface area contributed by atoms with Gasteiger partial charge in [-0.25, -0.2) is 19.2 Å². The van der Waals surface area contributed by atoms with Gasteiger partial charge in [0.25, 0.3) is 5.91 Å². The quantitative estimate of drug-likeness (QED) is 0.288. The molecule has 1 aliphatic rings. The molecule has 0 spiro atoms. The highest BCUT2D eigenvalue weighted by atomic mass is 16.6. The van der Waals surface area contributed by atoms with Crippen LogP contribution in [0.3, 0.4) is 0 Å². The molecule has 2 atom stereocenters. The predicted molar refractivity (Wildman–Crippen MR) is 135 cm³/mol. The van der Waals surface area contributed by atoms with Crippen molar-refractivity contribution in [2.24, 2.45) is 0 Å². The Balaban J connectivity index is 1.72. The van der Waals surface area contributed by atoms with Crippen molar-refractivity contribution in [2.75, 3.05) is 38.4 Å². The standard InChI is InChI=1S/C25H37N3O11/c1-24(2,3)38-21(31)14-34-12-18(29)26-17-9-10-28(23(33)27-17)19-8-7-16(37-19)11-36-20(30)13-35-15-22(32)39-25(4,5)6/h9-10,16,19H,7-8,11-15H2,1-6H3,(H,26,27,29,33). The van der Waals surface area contributed by atoms with Gasteiger partial charge < -0.3 is 33.7 Å². The third-order valence-electron chi connectivity index (χ3n) is 4.66. The lowest BCUT2D eigenvalue weighted by Gasteiger charge is -2.19. The first kappa shape index (κ1) is 31.9. The van der Waals surface area contributed by atoms with Gasteiger partial charge >= 0.3 is 23.6 Å². The van der Waals surface area contributed by atoms with Crippen LogP contribution in [0.5, 0.6) is 0 Å². The fourth-order valence-corrected chi connectivity index (χ4v) is 3.31. The van der Waals surface area contributed by atoms with Crippen LogP contribution in [-0.2, 0) is 47.6 Å². The van der Waals surface area contributed by atoms with Crippen molar-refractivity contribution in [3.05, 3.63) is 22.7 Å². The molecule has 218 valence electrons. The van der Waals surface area contributed by atoms with Crippen LogP contribution in [0.1, 0.15) is 60.6 Å². The van der Waals surface area contributed by atoms with Crippen LogP contribution in [-0.4, -0.2) is 83.7 Å². The van der Waals surface area contributed by atoms with E-state index in [1.807, 2.05) is 0 Å². The summed E-state index contributed by atoms with van der Waals surface area (Å²) in [6, 6.07) is 1.42. The van der Waals surface area contributed by atoms with Gasteiger partial charge in [0.05, 0.1) is 6.10 Å². The van der Waals surface area contributed by atoms with Crippen LogP contribution in [0.4, 0.5) is 5.82 Å². The average Bonchev–Trinajstić information content (AvgIpc) is 3.24. The Hall–Kier alpha value is -3.36. The summed E-state index contributed by atoms with van der Waals surface area (Å²) in [5.41, 5.74) is -1.97. The summed E-state index contributed by atoms with van der Waals surface area (Å²) in [5.74, 6) is -2.45. The number of nitrogens with zero attached hydrogens (tertiary/aromatic N) is 2. The van der Waals surface area contributed by atoms with Gasteiger partial charge in [0.1, 0.15) is 56.3 Å². The summed E-state index contributed by atoms with van der Waals surface area (Å²) in [4.78, 5) is 63.4. The van der Waals surface area contributed by atoms with E-state index in [-0.39, 0.29) is 19.0 Å². The minimum Gasteiger partial charge on any atom is -0.461 e. The minimum atomic E-state index is -0.667. The zero-order valence-corrected chi connectivity index (χ0v) is 23.1. The number of ether oxygens (including phenoxy) is 6. The lowest BCUT2D eigenvalue weighted by atomic mass is 10.2. The Morgan fingerprint density at radius 3 is 2.05 bits per heavy atom. The van der Waals surface area contributed by atoms with E-state index in [2.05, 4.69) is 10.3 Å². The average molecular weight is 556 g/mol. The maximum absolute atomic E-state index is 12.5. The number of nitrogens with one attached hydrogen (secondary N) is 1.